The molecule has 1 aromatic heterocycles. The van der Waals surface area contributed by atoms with Crippen LogP contribution in [0.15, 0.2) is 96.3 Å². The Morgan fingerprint density at radius 2 is 1.71 bits per heavy atom. The Kier molecular flexibility index (Phi) is 6.88. The fourth-order valence-electron chi connectivity index (χ4n) is 6.23. The van der Waals surface area contributed by atoms with Crippen molar-refractivity contribution >= 4 is 39.7 Å². The highest BCUT2D eigenvalue weighted by molar-refractivity contribution is 6.03. The van der Waals surface area contributed by atoms with Crippen molar-refractivity contribution in [1.29, 1.82) is 0 Å². The molecule has 1 aliphatic heterocycles. The molecular formula is C36H38N4O2. The second-order valence-corrected chi connectivity index (χ2v) is 13.3. The molecule has 2 heterocycles. The van der Waals surface area contributed by atoms with E-state index >= 15 is 0 Å². The molecule has 1 aliphatic carbocycles. The number of carbonyl (C=O) groups is 2. The van der Waals surface area contributed by atoms with Crippen LogP contribution in [0.3, 0.4) is 0 Å². The maximum atomic E-state index is 14.0. The molecule has 6 rings (SSSR count). The van der Waals surface area contributed by atoms with Crippen LogP contribution in [-0.4, -0.2) is 23.2 Å². The summed E-state index contributed by atoms with van der Waals surface area (Å²) in [6, 6.07) is 25.9. The second kappa shape index (κ2) is 10.4. The molecule has 0 saturated heterocycles. The first-order valence-corrected chi connectivity index (χ1v) is 14.6. The zero-order chi connectivity index (χ0) is 29.6. The van der Waals surface area contributed by atoms with Crippen molar-refractivity contribution in [3.63, 3.8) is 0 Å². The topological polar surface area (TPSA) is 74.3 Å². The minimum atomic E-state index is -0.422. The van der Waals surface area contributed by atoms with Crippen LogP contribution in [0.25, 0.3) is 10.9 Å². The molecule has 0 spiro atoms. The first-order chi connectivity index (χ1) is 20.0. The molecule has 1 unspecified atom stereocenters. The number of hydrogen-bond donors (Lipinski definition) is 2. The highest BCUT2D eigenvalue weighted by Gasteiger charge is 2.42. The normalized spacial score (nSPS) is 18.2. The minimum Gasteiger partial charge on any atom is -0.357 e. The lowest BCUT2D eigenvalue weighted by molar-refractivity contribution is -0.119. The number of para-hydroxylation sites is 3. The zero-order valence-electron chi connectivity index (χ0n) is 25.0. The van der Waals surface area contributed by atoms with E-state index in [1.807, 2.05) is 54.6 Å². The highest BCUT2D eigenvalue weighted by atomic mass is 16.2. The van der Waals surface area contributed by atoms with Crippen LogP contribution in [0.2, 0.25) is 0 Å². The summed E-state index contributed by atoms with van der Waals surface area (Å²) >= 11 is 0. The third-order valence-electron chi connectivity index (χ3n) is 8.28. The van der Waals surface area contributed by atoms with Gasteiger partial charge in [0.1, 0.15) is 0 Å². The highest BCUT2D eigenvalue weighted by Crippen LogP contribution is 2.48. The van der Waals surface area contributed by atoms with Gasteiger partial charge in [0.2, 0.25) is 5.91 Å². The molecule has 0 saturated carbocycles. The van der Waals surface area contributed by atoms with Crippen LogP contribution in [0.5, 0.6) is 0 Å². The predicted molar refractivity (Wildman–Crippen MR) is 171 cm³/mol. The van der Waals surface area contributed by atoms with Gasteiger partial charge < -0.3 is 15.5 Å². The van der Waals surface area contributed by atoms with E-state index in [4.69, 9.17) is 0 Å². The molecule has 214 valence electrons. The van der Waals surface area contributed by atoms with Gasteiger partial charge in [0.15, 0.2) is 5.78 Å². The molecule has 6 heteroatoms. The summed E-state index contributed by atoms with van der Waals surface area (Å²) < 4.78 is 0. The monoisotopic (exact) mass is 558 g/mol. The van der Waals surface area contributed by atoms with Crippen LogP contribution in [0.4, 0.5) is 17.1 Å². The summed E-state index contributed by atoms with van der Waals surface area (Å²) in [7, 11) is 0. The number of ketones is 1. The average Bonchev–Trinajstić information content (AvgIpc) is 3.06. The maximum Gasteiger partial charge on any atom is 0.243 e. The quantitative estimate of drug-likeness (QED) is 0.267. The van der Waals surface area contributed by atoms with E-state index in [1.54, 1.807) is 6.20 Å². The van der Waals surface area contributed by atoms with Gasteiger partial charge in [-0.05, 0) is 52.6 Å². The van der Waals surface area contributed by atoms with Crippen LogP contribution >= 0.6 is 0 Å². The summed E-state index contributed by atoms with van der Waals surface area (Å²) in [5.41, 5.74) is 7.02. The summed E-state index contributed by atoms with van der Waals surface area (Å²) in [5, 5.41) is 7.66. The van der Waals surface area contributed by atoms with Crippen molar-refractivity contribution in [2.75, 3.05) is 22.1 Å². The van der Waals surface area contributed by atoms with E-state index < -0.39 is 6.04 Å². The van der Waals surface area contributed by atoms with Gasteiger partial charge in [-0.2, -0.15) is 0 Å². The Bertz CT molecular complexity index is 1710. The van der Waals surface area contributed by atoms with Gasteiger partial charge >= 0.3 is 0 Å². The number of nitrogens with one attached hydrogen (secondary N) is 2. The zero-order valence-corrected chi connectivity index (χ0v) is 25.0. The van der Waals surface area contributed by atoms with Crippen LogP contribution < -0.4 is 15.5 Å². The van der Waals surface area contributed by atoms with E-state index in [9.17, 15) is 9.59 Å². The van der Waals surface area contributed by atoms with E-state index in [1.165, 1.54) is 5.56 Å². The Hall–Kier alpha value is -4.45. The number of aromatic nitrogens is 1. The second-order valence-electron chi connectivity index (χ2n) is 13.3. The lowest BCUT2D eigenvalue weighted by atomic mass is 9.73. The number of nitrogens with zero attached hydrogens (tertiary/aromatic N) is 2. The van der Waals surface area contributed by atoms with Gasteiger partial charge in [-0.1, -0.05) is 89.2 Å². The largest absolute Gasteiger partial charge is 0.357 e. The molecule has 0 bridgehead atoms. The van der Waals surface area contributed by atoms with Gasteiger partial charge in [-0.25, -0.2) is 0 Å². The molecule has 2 N–H and O–H groups in total. The Balaban J connectivity index is 1.44. The number of rotatable bonds is 4. The first-order valence-electron chi connectivity index (χ1n) is 14.6. The van der Waals surface area contributed by atoms with Crippen LogP contribution in [0.1, 0.15) is 64.6 Å². The third-order valence-corrected chi connectivity index (χ3v) is 8.28. The maximum absolute atomic E-state index is 14.0. The molecule has 6 nitrogen and oxygen atoms in total. The van der Waals surface area contributed by atoms with Gasteiger partial charge in [0.25, 0.3) is 0 Å². The summed E-state index contributed by atoms with van der Waals surface area (Å²) in [5.74, 6) is -0.0542. The molecule has 2 aliphatic rings. The Labute approximate surface area is 247 Å². The number of allylic oxidation sites excluding steroid dienone is 1. The summed E-state index contributed by atoms with van der Waals surface area (Å²) in [6.45, 7) is 10.9. The smallest absolute Gasteiger partial charge is 0.243 e. The molecular weight excluding hydrogens is 520 g/mol. The molecule has 0 fully saturated rings. The van der Waals surface area contributed by atoms with Gasteiger partial charge in [-0.15, -0.1) is 0 Å². The number of fused-ring (bicyclic) bond motifs is 2. The van der Waals surface area contributed by atoms with Crippen LogP contribution in [0, 0.1) is 5.41 Å². The van der Waals surface area contributed by atoms with Crippen molar-refractivity contribution in [3.8, 4) is 0 Å². The van der Waals surface area contributed by atoms with Gasteiger partial charge in [-0.3, -0.25) is 14.6 Å². The third kappa shape index (κ3) is 5.41. The Morgan fingerprint density at radius 3 is 2.48 bits per heavy atom. The van der Waals surface area contributed by atoms with Crippen molar-refractivity contribution in [2.24, 2.45) is 5.41 Å². The number of carbonyl (C=O) groups excluding carboxylic acids is 2. The fraction of sp³-hybridized carbons (Fsp3) is 0.306. The van der Waals surface area contributed by atoms with E-state index in [0.717, 1.165) is 45.5 Å². The lowest BCUT2D eigenvalue weighted by Crippen LogP contribution is -2.40. The SMILES string of the molecule is CC1(C)CC(=O)C2=C(C1)Nc1ccccc1N(CC(=O)Nc1cnc3ccccc3c1)C2c1ccc(C(C)(C)C)cc1. The molecule has 0 radical (unpaired) electrons. The van der Waals surface area contributed by atoms with Crippen molar-refractivity contribution < 1.29 is 9.59 Å². The predicted octanol–water partition coefficient (Wildman–Crippen LogP) is 7.79. The Morgan fingerprint density at radius 1 is 1.00 bits per heavy atom. The van der Waals surface area contributed by atoms with E-state index in [2.05, 4.69) is 79.4 Å². The van der Waals surface area contributed by atoms with Crippen molar-refractivity contribution in [1.82, 2.24) is 4.98 Å². The number of benzene rings is 3. The number of Topliss-reactive ketones (excluding diaryl/α,β-unsaturated/α-hetero) is 1. The standard InChI is InChI=1S/C36H38N4O2/c1-35(2,3)25-16-14-23(15-17-25)34-33-29(19-36(4,5)20-31(33)41)39-28-12-8-9-13-30(28)40(34)22-32(42)38-26-18-24-10-6-7-11-27(24)37-21-26/h6-18,21,34,39H,19-20,22H2,1-5H3,(H,38,42). The summed E-state index contributed by atoms with van der Waals surface area (Å²) in [6.07, 6.45) is 2.90. The van der Waals surface area contributed by atoms with E-state index in [0.29, 0.717) is 12.1 Å². The number of pyridine rings is 1. The average molecular weight is 559 g/mol. The number of amides is 1. The van der Waals surface area contributed by atoms with Gasteiger partial charge in [0.05, 0.1) is 41.4 Å². The molecule has 1 atom stereocenters. The van der Waals surface area contributed by atoms with Crippen molar-refractivity contribution in [2.45, 2.75) is 58.9 Å². The van der Waals surface area contributed by atoms with Crippen LogP contribution in [-0.2, 0) is 15.0 Å². The fourth-order valence-corrected chi connectivity index (χ4v) is 6.23. The molecule has 42 heavy (non-hydrogen) atoms. The summed E-state index contributed by atoms with van der Waals surface area (Å²) in [4.78, 5) is 34.3. The lowest BCUT2D eigenvalue weighted by Gasteiger charge is -2.38. The first kappa shape index (κ1) is 27.7. The number of hydrogen-bond acceptors (Lipinski definition) is 5. The molecule has 3 aromatic carbocycles. The van der Waals surface area contributed by atoms with E-state index in [-0.39, 0.29) is 29.1 Å². The van der Waals surface area contributed by atoms with Crippen molar-refractivity contribution in [3.05, 3.63) is 107 Å². The van der Waals surface area contributed by atoms with Gasteiger partial charge in [0, 0.05) is 23.1 Å². The molecule has 4 aromatic rings. The molecule has 1 amide bonds. The minimum absolute atomic E-state index is 0.00128. The number of anilines is 3.